The van der Waals surface area contributed by atoms with Gasteiger partial charge in [-0.15, -0.1) is 0 Å². The molecule has 2 aromatic rings. The fourth-order valence-electron chi connectivity index (χ4n) is 3.34. The molecule has 3 rings (SSSR count). The summed E-state index contributed by atoms with van der Waals surface area (Å²) in [6, 6.07) is 13.1. The van der Waals surface area contributed by atoms with Gasteiger partial charge in [0.2, 0.25) is 0 Å². The second kappa shape index (κ2) is 4.86. The van der Waals surface area contributed by atoms with Gasteiger partial charge in [-0.05, 0) is 24.1 Å². The van der Waals surface area contributed by atoms with E-state index in [1.54, 1.807) is 0 Å². The lowest BCUT2D eigenvalue weighted by atomic mass is 9.97. The molecule has 1 aliphatic rings. The summed E-state index contributed by atoms with van der Waals surface area (Å²) in [7, 11) is 2.19. The highest BCUT2D eigenvalue weighted by Crippen LogP contribution is 2.30. The van der Waals surface area contributed by atoms with Crippen LogP contribution in [0.2, 0.25) is 0 Å². The minimum absolute atomic E-state index is 0.617. The van der Waals surface area contributed by atoms with Gasteiger partial charge in [0.15, 0.2) is 0 Å². The summed E-state index contributed by atoms with van der Waals surface area (Å²) in [5, 5.41) is 0. The molecule has 1 atom stereocenters. The predicted molar refractivity (Wildman–Crippen MR) is 79.1 cm³/mol. The van der Waals surface area contributed by atoms with Crippen molar-refractivity contribution >= 4 is 0 Å². The van der Waals surface area contributed by atoms with Gasteiger partial charge in [-0.25, -0.2) is 0 Å². The highest BCUT2D eigenvalue weighted by atomic mass is 15.1. The molecule has 1 aromatic carbocycles. The third-order valence-electron chi connectivity index (χ3n) is 4.24. The van der Waals surface area contributed by atoms with Gasteiger partial charge in [-0.2, -0.15) is 0 Å². The third-order valence-corrected chi connectivity index (χ3v) is 4.24. The number of benzene rings is 1. The standard InChI is InChI=1S/C17H22N2/c1-13-10-19(11-15-7-5-4-6-8-15)12-16-9-14(2)18(3)17(13)16/h4-9,13H,10-12H2,1-3H3. The van der Waals surface area contributed by atoms with Crippen LogP contribution in [0.4, 0.5) is 0 Å². The molecule has 2 heterocycles. The second-order valence-corrected chi connectivity index (χ2v) is 5.81. The zero-order valence-electron chi connectivity index (χ0n) is 12.1. The Kier molecular flexibility index (Phi) is 3.19. The molecule has 2 nitrogen and oxygen atoms in total. The Bertz CT molecular complexity index is 568. The van der Waals surface area contributed by atoms with E-state index in [4.69, 9.17) is 0 Å². The quantitative estimate of drug-likeness (QED) is 0.797. The number of fused-ring (bicyclic) bond motifs is 1. The molecule has 0 spiro atoms. The zero-order chi connectivity index (χ0) is 13.4. The van der Waals surface area contributed by atoms with Gasteiger partial charge in [0.1, 0.15) is 0 Å². The minimum Gasteiger partial charge on any atom is -0.351 e. The maximum Gasteiger partial charge on any atom is 0.0260 e. The van der Waals surface area contributed by atoms with E-state index in [1.807, 2.05) is 0 Å². The smallest absolute Gasteiger partial charge is 0.0260 e. The largest absolute Gasteiger partial charge is 0.351 e. The molecule has 0 aliphatic carbocycles. The molecule has 0 bridgehead atoms. The van der Waals surface area contributed by atoms with Gasteiger partial charge in [0.05, 0.1) is 0 Å². The van der Waals surface area contributed by atoms with Gasteiger partial charge in [-0.3, -0.25) is 4.90 Å². The van der Waals surface area contributed by atoms with E-state index in [-0.39, 0.29) is 0 Å². The SMILES string of the molecule is Cc1cc2c(n1C)C(C)CN(Cc1ccccc1)C2. The molecule has 0 amide bonds. The Balaban J connectivity index is 1.82. The van der Waals surface area contributed by atoms with Crippen LogP contribution in [-0.4, -0.2) is 16.0 Å². The fourth-order valence-corrected chi connectivity index (χ4v) is 3.34. The van der Waals surface area contributed by atoms with Crippen LogP contribution in [0, 0.1) is 6.92 Å². The molecule has 1 unspecified atom stereocenters. The van der Waals surface area contributed by atoms with Crippen molar-refractivity contribution in [1.82, 2.24) is 9.47 Å². The summed E-state index contributed by atoms with van der Waals surface area (Å²) in [6.07, 6.45) is 0. The summed E-state index contributed by atoms with van der Waals surface area (Å²) < 4.78 is 2.36. The molecular formula is C17H22N2. The molecular weight excluding hydrogens is 232 g/mol. The van der Waals surface area contributed by atoms with Gasteiger partial charge in [-0.1, -0.05) is 37.3 Å². The van der Waals surface area contributed by atoms with Crippen LogP contribution in [-0.2, 0) is 20.1 Å². The molecule has 19 heavy (non-hydrogen) atoms. The van der Waals surface area contributed by atoms with E-state index in [0.717, 1.165) is 19.6 Å². The Morgan fingerprint density at radius 1 is 1.21 bits per heavy atom. The lowest BCUT2D eigenvalue weighted by Gasteiger charge is -2.32. The first-order valence-corrected chi connectivity index (χ1v) is 7.06. The van der Waals surface area contributed by atoms with Crippen molar-refractivity contribution < 1.29 is 0 Å². The first-order valence-electron chi connectivity index (χ1n) is 7.06. The summed E-state index contributed by atoms with van der Waals surface area (Å²) in [6.45, 7) is 7.83. The van der Waals surface area contributed by atoms with E-state index >= 15 is 0 Å². The fraction of sp³-hybridized carbons (Fsp3) is 0.412. The average Bonchev–Trinajstić information content (AvgIpc) is 2.66. The first kappa shape index (κ1) is 12.5. The van der Waals surface area contributed by atoms with Crippen LogP contribution in [0.15, 0.2) is 36.4 Å². The van der Waals surface area contributed by atoms with Crippen LogP contribution in [0.3, 0.4) is 0 Å². The van der Waals surface area contributed by atoms with Crippen molar-refractivity contribution in [2.24, 2.45) is 7.05 Å². The molecule has 0 N–H and O–H groups in total. The van der Waals surface area contributed by atoms with Gasteiger partial charge < -0.3 is 4.57 Å². The van der Waals surface area contributed by atoms with Crippen LogP contribution in [0.1, 0.15) is 35.4 Å². The average molecular weight is 254 g/mol. The Hall–Kier alpha value is -1.54. The predicted octanol–water partition coefficient (Wildman–Crippen LogP) is 3.45. The summed E-state index contributed by atoms with van der Waals surface area (Å²) in [5.74, 6) is 0.617. The van der Waals surface area contributed by atoms with Crippen molar-refractivity contribution in [1.29, 1.82) is 0 Å². The number of hydrogen-bond donors (Lipinski definition) is 0. The Morgan fingerprint density at radius 2 is 1.95 bits per heavy atom. The second-order valence-electron chi connectivity index (χ2n) is 5.81. The summed E-state index contributed by atoms with van der Waals surface area (Å²) in [4.78, 5) is 2.56. The molecule has 1 aromatic heterocycles. The summed E-state index contributed by atoms with van der Waals surface area (Å²) in [5.41, 5.74) is 5.82. The molecule has 0 fully saturated rings. The highest BCUT2D eigenvalue weighted by Gasteiger charge is 2.25. The molecule has 2 heteroatoms. The minimum atomic E-state index is 0.617. The maximum absolute atomic E-state index is 2.56. The van der Waals surface area contributed by atoms with Crippen LogP contribution in [0.25, 0.3) is 0 Å². The van der Waals surface area contributed by atoms with Crippen molar-refractivity contribution in [3.05, 3.63) is 58.9 Å². The number of rotatable bonds is 2. The van der Waals surface area contributed by atoms with Crippen LogP contribution in [0.5, 0.6) is 0 Å². The Morgan fingerprint density at radius 3 is 2.68 bits per heavy atom. The van der Waals surface area contributed by atoms with Gasteiger partial charge in [0.25, 0.3) is 0 Å². The van der Waals surface area contributed by atoms with Crippen molar-refractivity contribution in [3.63, 3.8) is 0 Å². The topological polar surface area (TPSA) is 8.17 Å². The lowest BCUT2D eigenvalue weighted by molar-refractivity contribution is 0.223. The normalized spacial score (nSPS) is 19.4. The number of aryl methyl sites for hydroxylation is 1. The first-order chi connectivity index (χ1) is 9.15. The van der Waals surface area contributed by atoms with Gasteiger partial charge in [0, 0.05) is 44.0 Å². The summed E-state index contributed by atoms with van der Waals surface area (Å²) >= 11 is 0. The number of aromatic nitrogens is 1. The highest BCUT2D eigenvalue weighted by molar-refractivity contribution is 5.32. The monoisotopic (exact) mass is 254 g/mol. The third kappa shape index (κ3) is 2.33. The van der Waals surface area contributed by atoms with Crippen molar-refractivity contribution in [2.45, 2.75) is 32.9 Å². The Labute approximate surface area is 115 Å². The van der Waals surface area contributed by atoms with E-state index in [9.17, 15) is 0 Å². The molecule has 0 saturated heterocycles. The molecule has 100 valence electrons. The van der Waals surface area contributed by atoms with Crippen molar-refractivity contribution in [3.8, 4) is 0 Å². The lowest BCUT2D eigenvalue weighted by Crippen LogP contribution is -2.32. The molecule has 0 saturated carbocycles. The number of nitrogens with zero attached hydrogens (tertiary/aromatic N) is 2. The zero-order valence-corrected chi connectivity index (χ0v) is 12.1. The van der Waals surface area contributed by atoms with E-state index in [0.29, 0.717) is 5.92 Å². The van der Waals surface area contributed by atoms with E-state index < -0.39 is 0 Å². The maximum atomic E-state index is 2.56. The van der Waals surface area contributed by atoms with Crippen LogP contribution < -0.4 is 0 Å². The van der Waals surface area contributed by atoms with Crippen LogP contribution >= 0.6 is 0 Å². The van der Waals surface area contributed by atoms with E-state index in [2.05, 4.69) is 66.8 Å². The van der Waals surface area contributed by atoms with Crippen molar-refractivity contribution in [2.75, 3.05) is 6.54 Å². The van der Waals surface area contributed by atoms with E-state index in [1.165, 1.54) is 22.5 Å². The molecule has 1 aliphatic heterocycles. The number of hydrogen-bond acceptors (Lipinski definition) is 1. The molecule has 0 radical (unpaired) electrons. The van der Waals surface area contributed by atoms with Gasteiger partial charge >= 0.3 is 0 Å².